The summed E-state index contributed by atoms with van der Waals surface area (Å²) in [6.07, 6.45) is 8.08. The number of aliphatic hydroxyl groups excluding tert-OH is 1. The summed E-state index contributed by atoms with van der Waals surface area (Å²) < 4.78 is 0. The molecule has 0 radical (unpaired) electrons. The Morgan fingerprint density at radius 2 is 1.93 bits per heavy atom. The molecule has 0 fully saturated rings. The van der Waals surface area contributed by atoms with Crippen LogP contribution in [-0.4, -0.2) is 42.9 Å². The van der Waals surface area contributed by atoms with Crippen molar-refractivity contribution < 1.29 is 5.11 Å². The molecule has 2 heterocycles. The summed E-state index contributed by atoms with van der Waals surface area (Å²) in [5.74, 6) is 1.05. The number of hydrogen-bond donors (Lipinski definition) is 3. The Hall–Kier alpha value is -3.02. The Labute approximate surface area is 171 Å². The molecule has 2 unspecified atom stereocenters. The maximum Gasteiger partial charge on any atom is 0.132 e. The molecule has 2 atom stereocenters. The Kier molecular flexibility index (Phi) is 5.98. The van der Waals surface area contributed by atoms with Gasteiger partial charge in [-0.05, 0) is 35.3 Å². The highest BCUT2D eigenvalue weighted by Crippen LogP contribution is 2.30. The van der Waals surface area contributed by atoms with Gasteiger partial charge in [-0.3, -0.25) is 4.99 Å². The van der Waals surface area contributed by atoms with Gasteiger partial charge in [0.05, 0.1) is 6.61 Å². The molecule has 4 rings (SSSR count). The summed E-state index contributed by atoms with van der Waals surface area (Å²) in [6, 6.07) is 16.7. The minimum atomic E-state index is -0.0404. The smallest absolute Gasteiger partial charge is 0.132 e. The van der Waals surface area contributed by atoms with Crippen molar-refractivity contribution in [2.45, 2.75) is 13.0 Å². The van der Waals surface area contributed by atoms with E-state index in [9.17, 15) is 0 Å². The second-order valence-corrected chi connectivity index (χ2v) is 7.27. The summed E-state index contributed by atoms with van der Waals surface area (Å²) >= 11 is 0. The molecule has 0 aliphatic carbocycles. The fraction of sp³-hybridized carbons (Fsp3) is 0.250. The van der Waals surface area contributed by atoms with Crippen LogP contribution in [0, 0.1) is 12.8 Å². The van der Waals surface area contributed by atoms with Crippen molar-refractivity contribution in [2.24, 2.45) is 15.9 Å². The van der Waals surface area contributed by atoms with Crippen molar-refractivity contribution in [2.75, 3.05) is 25.0 Å². The molecule has 2 aliphatic heterocycles. The maximum absolute atomic E-state index is 8.92. The predicted molar refractivity (Wildman–Crippen MR) is 121 cm³/mol. The van der Waals surface area contributed by atoms with Gasteiger partial charge in [-0.25, -0.2) is 4.99 Å². The Balaban J connectivity index is 1.52. The lowest BCUT2D eigenvalue weighted by atomic mass is 9.92. The van der Waals surface area contributed by atoms with E-state index >= 15 is 0 Å². The monoisotopic (exact) mass is 386 g/mol. The predicted octanol–water partition coefficient (Wildman–Crippen LogP) is 3.58. The van der Waals surface area contributed by atoms with Crippen molar-refractivity contribution in [3.63, 3.8) is 0 Å². The van der Waals surface area contributed by atoms with Gasteiger partial charge in [-0.1, -0.05) is 54.6 Å². The lowest BCUT2D eigenvalue weighted by Crippen LogP contribution is -2.36. The third-order valence-electron chi connectivity index (χ3n) is 5.27. The van der Waals surface area contributed by atoms with E-state index < -0.39 is 0 Å². The number of rotatable bonds is 6. The summed E-state index contributed by atoms with van der Waals surface area (Å²) in [4.78, 5) is 9.35. The number of benzene rings is 2. The van der Waals surface area contributed by atoms with Gasteiger partial charge >= 0.3 is 0 Å². The molecule has 0 saturated heterocycles. The molecule has 2 aromatic carbocycles. The molecule has 2 aromatic rings. The summed E-state index contributed by atoms with van der Waals surface area (Å²) in [6.45, 7) is 3.56. The van der Waals surface area contributed by atoms with Crippen LogP contribution in [0.5, 0.6) is 0 Å². The molecule has 5 heteroatoms. The molecule has 148 valence electrons. The second-order valence-electron chi connectivity index (χ2n) is 7.27. The first-order chi connectivity index (χ1) is 14.3. The number of anilines is 1. The number of aliphatic imine (C=N–C) groups is 2. The molecular weight excluding hydrogens is 360 g/mol. The van der Waals surface area contributed by atoms with E-state index in [1.165, 1.54) is 16.7 Å². The minimum absolute atomic E-state index is 0.0404. The lowest BCUT2D eigenvalue weighted by molar-refractivity contribution is 0.294. The van der Waals surface area contributed by atoms with Crippen LogP contribution in [0.4, 0.5) is 5.69 Å². The Morgan fingerprint density at radius 3 is 2.76 bits per heavy atom. The molecular formula is C24H26N4O. The Bertz CT molecular complexity index is 976. The number of fused-ring (bicyclic) bond motifs is 1. The largest absolute Gasteiger partial charge is 0.395 e. The second kappa shape index (κ2) is 8.99. The maximum atomic E-state index is 8.92. The van der Waals surface area contributed by atoms with Gasteiger partial charge in [0.15, 0.2) is 0 Å². The van der Waals surface area contributed by atoms with Gasteiger partial charge in [0.2, 0.25) is 0 Å². The number of amidine groups is 1. The van der Waals surface area contributed by atoms with Crippen molar-refractivity contribution in [1.29, 1.82) is 0 Å². The minimum Gasteiger partial charge on any atom is -0.395 e. The van der Waals surface area contributed by atoms with Gasteiger partial charge in [-0.2, -0.15) is 0 Å². The quantitative estimate of drug-likeness (QED) is 0.665. The third-order valence-corrected chi connectivity index (χ3v) is 5.27. The number of nitrogens with zero attached hydrogens (tertiary/aromatic N) is 2. The van der Waals surface area contributed by atoms with E-state index in [2.05, 4.69) is 77.2 Å². The van der Waals surface area contributed by atoms with Gasteiger partial charge in [0.1, 0.15) is 11.9 Å². The van der Waals surface area contributed by atoms with Gasteiger partial charge in [0, 0.05) is 37.1 Å². The summed E-state index contributed by atoms with van der Waals surface area (Å²) in [7, 11) is 0. The molecule has 0 spiro atoms. The van der Waals surface area contributed by atoms with Gasteiger partial charge in [-0.15, -0.1) is 0 Å². The van der Waals surface area contributed by atoms with Crippen molar-refractivity contribution in [3.05, 3.63) is 78.0 Å². The lowest BCUT2D eigenvalue weighted by Gasteiger charge is -2.28. The summed E-state index contributed by atoms with van der Waals surface area (Å²) in [5, 5.41) is 15.7. The standard InChI is InChI=1S/C24H26N4O/c1-17-21(19-6-3-2-4-7-19)8-5-9-22(17)28-24-23-20(10-11-26-24)14-18(16-27-23)15-25-12-13-29/h2-11,14,16,20,23,25,29H,12-13,15H2,1H3,(H,26,28). The van der Waals surface area contributed by atoms with Crippen LogP contribution in [0.2, 0.25) is 0 Å². The normalized spacial score (nSPS) is 20.1. The van der Waals surface area contributed by atoms with Gasteiger partial charge < -0.3 is 15.7 Å². The molecule has 3 N–H and O–H groups in total. The fourth-order valence-electron chi connectivity index (χ4n) is 3.73. The number of hydrogen-bond acceptors (Lipinski definition) is 5. The first-order valence-electron chi connectivity index (χ1n) is 9.98. The van der Waals surface area contributed by atoms with Crippen molar-refractivity contribution in [1.82, 2.24) is 5.32 Å². The molecule has 0 bridgehead atoms. The first-order valence-corrected chi connectivity index (χ1v) is 9.98. The van der Waals surface area contributed by atoms with Crippen LogP contribution in [-0.2, 0) is 0 Å². The van der Waals surface area contributed by atoms with E-state index in [0.717, 1.165) is 17.1 Å². The molecule has 0 aromatic heterocycles. The van der Waals surface area contributed by atoms with Gasteiger partial charge in [0.25, 0.3) is 0 Å². The molecule has 5 nitrogen and oxygen atoms in total. The average Bonchev–Trinajstić information content (AvgIpc) is 2.76. The molecule has 2 aliphatic rings. The summed E-state index contributed by atoms with van der Waals surface area (Å²) in [5.41, 5.74) is 5.79. The van der Waals surface area contributed by atoms with E-state index in [-0.39, 0.29) is 18.6 Å². The topological polar surface area (TPSA) is 69.0 Å². The highest BCUT2D eigenvalue weighted by atomic mass is 16.3. The molecule has 0 saturated carbocycles. The molecule has 0 amide bonds. The SMILES string of the molecule is Cc1c(NC2=NC=CC3C=C(CNCCO)C=NC23)cccc1-c1ccccc1. The molecule has 29 heavy (non-hydrogen) atoms. The van der Waals surface area contributed by atoms with E-state index in [0.29, 0.717) is 13.1 Å². The van der Waals surface area contributed by atoms with Crippen LogP contribution in [0.25, 0.3) is 11.1 Å². The number of dihydropyridines is 1. The van der Waals surface area contributed by atoms with Crippen molar-refractivity contribution in [3.8, 4) is 11.1 Å². The van der Waals surface area contributed by atoms with Crippen LogP contribution in [0.15, 0.2) is 82.4 Å². The zero-order valence-electron chi connectivity index (χ0n) is 16.5. The van der Waals surface area contributed by atoms with Crippen LogP contribution >= 0.6 is 0 Å². The van der Waals surface area contributed by atoms with Crippen LogP contribution in [0.1, 0.15) is 5.56 Å². The van der Waals surface area contributed by atoms with E-state index in [4.69, 9.17) is 10.1 Å². The van der Waals surface area contributed by atoms with E-state index in [1.807, 2.05) is 18.5 Å². The third kappa shape index (κ3) is 4.36. The van der Waals surface area contributed by atoms with Crippen LogP contribution < -0.4 is 10.6 Å². The number of aliphatic hydroxyl groups is 1. The average molecular weight is 386 g/mol. The van der Waals surface area contributed by atoms with E-state index in [1.54, 1.807) is 0 Å². The number of nitrogens with one attached hydrogen (secondary N) is 2. The Morgan fingerprint density at radius 1 is 1.07 bits per heavy atom. The highest BCUT2D eigenvalue weighted by Gasteiger charge is 2.27. The zero-order valence-corrected chi connectivity index (χ0v) is 16.5. The highest BCUT2D eigenvalue weighted by molar-refractivity contribution is 6.03. The fourth-order valence-corrected chi connectivity index (χ4v) is 3.73. The first kappa shape index (κ1) is 19.3. The zero-order chi connectivity index (χ0) is 20.1. The van der Waals surface area contributed by atoms with Crippen molar-refractivity contribution >= 4 is 17.7 Å². The van der Waals surface area contributed by atoms with Crippen LogP contribution in [0.3, 0.4) is 0 Å².